The maximum atomic E-state index is 12.8. The monoisotopic (exact) mass is 387 g/mol. The van der Waals surface area contributed by atoms with E-state index >= 15 is 0 Å². The van der Waals surface area contributed by atoms with Gasteiger partial charge in [0.05, 0.1) is 26.3 Å². The number of likely N-dealkylation sites (tertiary alicyclic amines) is 1. The third-order valence-corrected chi connectivity index (χ3v) is 5.95. The van der Waals surface area contributed by atoms with Crippen LogP contribution in [0.3, 0.4) is 0 Å². The van der Waals surface area contributed by atoms with Crippen LogP contribution in [0.1, 0.15) is 19.3 Å². The van der Waals surface area contributed by atoms with Crippen molar-refractivity contribution in [2.24, 2.45) is 0 Å². The summed E-state index contributed by atoms with van der Waals surface area (Å²) in [6, 6.07) is 9.72. The zero-order chi connectivity index (χ0) is 19.4. The summed E-state index contributed by atoms with van der Waals surface area (Å²) in [4.78, 5) is 31.3. The molecule has 3 heterocycles. The Morgan fingerprint density at radius 2 is 1.86 bits per heavy atom. The molecule has 3 fully saturated rings. The lowest BCUT2D eigenvalue weighted by molar-refractivity contribution is -0.153. The van der Waals surface area contributed by atoms with Crippen LogP contribution in [0.2, 0.25) is 0 Å². The molecule has 0 bridgehead atoms. The Balaban J connectivity index is 1.38. The Morgan fingerprint density at radius 3 is 2.64 bits per heavy atom. The average molecular weight is 387 g/mol. The summed E-state index contributed by atoms with van der Waals surface area (Å²) >= 11 is 0. The van der Waals surface area contributed by atoms with Crippen LogP contribution >= 0.6 is 0 Å². The normalized spacial score (nSPS) is 26.6. The molecule has 2 amide bonds. The van der Waals surface area contributed by atoms with Crippen LogP contribution in [0.15, 0.2) is 30.3 Å². The molecule has 3 aliphatic heterocycles. The topological polar surface area (TPSA) is 62.3 Å². The van der Waals surface area contributed by atoms with Crippen LogP contribution in [0, 0.1) is 0 Å². The van der Waals surface area contributed by atoms with E-state index in [1.807, 2.05) is 40.1 Å². The number of hydrogen-bond acceptors (Lipinski definition) is 5. The van der Waals surface area contributed by atoms with Crippen molar-refractivity contribution in [1.29, 1.82) is 0 Å². The fourth-order valence-electron chi connectivity index (χ4n) is 4.35. The first-order valence-electron chi connectivity index (χ1n) is 10.2. The van der Waals surface area contributed by atoms with Gasteiger partial charge < -0.3 is 19.3 Å². The highest BCUT2D eigenvalue weighted by Gasteiger charge is 2.44. The molecule has 0 saturated carbocycles. The molecule has 3 saturated heterocycles. The van der Waals surface area contributed by atoms with Gasteiger partial charge in [-0.2, -0.15) is 0 Å². The first-order chi connectivity index (χ1) is 13.7. The van der Waals surface area contributed by atoms with Crippen molar-refractivity contribution in [3.05, 3.63) is 30.3 Å². The van der Waals surface area contributed by atoms with Gasteiger partial charge in [0.1, 0.15) is 12.2 Å². The molecule has 7 heteroatoms. The molecule has 152 valence electrons. The number of carbonyl (C=O) groups excluding carboxylic acids is 2. The fraction of sp³-hybridized carbons (Fsp3) is 0.619. The van der Waals surface area contributed by atoms with Gasteiger partial charge in [0.25, 0.3) is 5.91 Å². The molecule has 1 atom stereocenters. The third-order valence-electron chi connectivity index (χ3n) is 5.95. The summed E-state index contributed by atoms with van der Waals surface area (Å²) in [5.41, 5.74) is 0.433. The molecule has 1 unspecified atom stereocenters. The molecule has 1 spiro atoms. The number of morpholine rings is 2. The molecule has 28 heavy (non-hydrogen) atoms. The zero-order valence-corrected chi connectivity index (χ0v) is 16.3. The molecule has 1 aromatic rings. The average Bonchev–Trinajstić information content (AvgIpc) is 2.75. The number of amides is 2. The Bertz CT molecular complexity index is 692. The predicted molar refractivity (Wildman–Crippen MR) is 105 cm³/mol. The third kappa shape index (κ3) is 4.37. The minimum absolute atomic E-state index is 0.0207. The zero-order valence-electron chi connectivity index (χ0n) is 16.3. The lowest BCUT2D eigenvalue weighted by Crippen LogP contribution is -2.62. The number of carbonyl (C=O) groups is 2. The van der Waals surface area contributed by atoms with Crippen LogP contribution < -0.4 is 4.90 Å². The summed E-state index contributed by atoms with van der Waals surface area (Å²) < 4.78 is 11.4. The Kier molecular flexibility index (Phi) is 5.94. The maximum Gasteiger partial charge on any atom is 0.253 e. The summed E-state index contributed by atoms with van der Waals surface area (Å²) in [5, 5.41) is 0. The second-order valence-corrected chi connectivity index (χ2v) is 7.91. The lowest BCUT2D eigenvalue weighted by Gasteiger charge is -2.47. The highest BCUT2D eigenvalue weighted by atomic mass is 16.5. The van der Waals surface area contributed by atoms with E-state index in [0.717, 1.165) is 57.9 Å². The molecule has 4 rings (SSSR count). The van der Waals surface area contributed by atoms with Crippen molar-refractivity contribution < 1.29 is 19.1 Å². The molecule has 1 aromatic carbocycles. The SMILES string of the molecule is O=C(CCN1CCOCC1)N1CCCC2(C1)CN(c1ccccc1)C(=O)CO2. The van der Waals surface area contributed by atoms with Gasteiger partial charge >= 0.3 is 0 Å². The number of nitrogens with zero attached hydrogens (tertiary/aromatic N) is 3. The van der Waals surface area contributed by atoms with E-state index in [9.17, 15) is 9.59 Å². The maximum absolute atomic E-state index is 12.8. The van der Waals surface area contributed by atoms with Crippen molar-refractivity contribution in [1.82, 2.24) is 9.80 Å². The van der Waals surface area contributed by atoms with Gasteiger partial charge in [0.15, 0.2) is 0 Å². The minimum atomic E-state index is -0.462. The second kappa shape index (κ2) is 8.59. The van der Waals surface area contributed by atoms with Crippen molar-refractivity contribution in [2.75, 3.05) is 64.0 Å². The van der Waals surface area contributed by atoms with Crippen LogP contribution in [0.5, 0.6) is 0 Å². The van der Waals surface area contributed by atoms with E-state index in [0.29, 0.717) is 19.5 Å². The predicted octanol–water partition coefficient (Wildman–Crippen LogP) is 1.13. The molecule has 7 nitrogen and oxygen atoms in total. The van der Waals surface area contributed by atoms with Crippen molar-refractivity contribution in [3.63, 3.8) is 0 Å². The Morgan fingerprint density at radius 1 is 1.07 bits per heavy atom. The first kappa shape index (κ1) is 19.4. The molecule has 0 aromatic heterocycles. The summed E-state index contributed by atoms with van der Waals surface area (Å²) in [6.07, 6.45) is 2.30. The minimum Gasteiger partial charge on any atom is -0.379 e. The lowest BCUT2D eigenvalue weighted by atomic mass is 9.90. The van der Waals surface area contributed by atoms with Gasteiger partial charge in [-0.15, -0.1) is 0 Å². The Labute approximate surface area is 166 Å². The summed E-state index contributed by atoms with van der Waals surface area (Å²) in [7, 11) is 0. The van der Waals surface area contributed by atoms with Gasteiger partial charge in [0.2, 0.25) is 5.91 Å². The number of rotatable bonds is 4. The first-order valence-corrected chi connectivity index (χ1v) is 10.2. The molecular formula is C21H29N3O4. The summed E-state index contributed by atoms with van der Waals surface area (Å²) in [6.45, 7) is 5.98. The number of hydrogen-bond donors (Lipinski definition) is 0. The van der Waals surface area contributed by atoms with Crippen LogP contribution in [0.25, 0.3) is 0 Å². The van der Waals surface area contributed by atoms with Crippen LogP contribution in [-0.2, 0) is 19.1 Å². The van der Waals surface area contributed by atoms with E-state index in [-0.39, 0.29) is 18.4 Å². The van der Waals surface area contributed by atoms with E-state index < -0.39 is 5.60 Å². The molecule has 0 aliphatic carbocycles. The quantitative estimate of drug-likeness (QED) is 0.775. The molecular weight excluding hydrogens is 358 g/mol. The van der Waals surface area contributed by atoms with E-state index in [4.69, 9.17) is 9.47 Å². The van der Waals surface area contributed by atoms with E-state index in [1.54, 1.807) is 0 Å². The number of benzene rings is 1. The van der Waals surface area contributed by atoms with Gasteiger partial charge in [-0.1, -0.05) is 18.2 Å². The fourth-order valence-corrected chi connectivity index (χ4v) is 4.35. The summed E-state index contributed by atoms with van der Waals surface area (Å²) in [5.74, 6) is 0.157. The molecule has 0 radical (unpaired) electrons. The van der Waals surface area contributed by atoms with Crippen molar-refractivity contribution >= 4 is 17.5 Å². The largest absolute Gasteiger partial charge is 0.379 e. The second-order valence-electron chi connectivity index (χ2n) is 7.91. The van der Waals surface area contributed by atoms with E-state index in [2.05, 4.69) is 4.90 Å². The van der Waals surface area contributed by atoms with E-state index in [1.165, 1.54) is 0 Å². The Hall–Kier alpha value is -1.96. The van der Waals surface area contributed by atoms with Gasteiger partial charge in [0, 0.05) is 38.3 Å². The van der Waals surface area contributed by atoms with Gasteiger partial charge in [-0.25, -0.2) is 0 Å². The molecule has 3 aliphatic rings. The van der Waals surface area contributed by atoms with Crippen molar-refractivity contribution in [2.45, 2.75) is 24.9 Å². The van der Waals surface area contributed by atoms with Gasteiger partial charge in [-0.05, 0) is 25.0 Å². The van der Waals surface area contributed by atoms with Crippen molar-refractivity contribution in [3.8, 4) is 0 Å². The highest BCUT2D eigenvalue weighted by Crippen LogP contribution is 2.32. The number of para-hydroxylation sites is 1. The van der Waals surface area contributed by atoms with Crippen LogP contribution in [0.4, 0.5) is 5.69 Å². The smallest absolute Gasteiger partial charge is 0.253 e. The number of ether oxygens (including phenoxy) is 2. The molecule has 0 N–H and O–H groups in total. The van der Waals surface area contributed by atoms with Gasteiger partial charge in [-0.3, -0.25) is 14.5 Å². The number of anilines is 1. The standard InChI is InChI=1S/C21H29N3O4/c25-19(7-10-22-11-13-27-14-12-22)23-9-4-8-21(16-23)17-24(20(26)15-28-21)18-5-2-1-3-6-18/h1-3,5-6H,4,7-17H2. The van der Waals surface area contributed by atoms with Crippen LogP contribution in [-0.4, -0.2) is 86.3 Å². The number of piperidine rings is 1. The highest BCUT2D eigenvalue weighted by molar-refractivity contribution is 5.95.